The lowest BCUT2D eigenvalue weighted by Gasteiger charge is -2.21. The molecule has 0 saturated heterocycles. The molecule has 1 aromatic rings. The summed E-state index contributed by atoms with van der Waals surface area (Å²) in [5.41, 5.74) is 1.78. The van der Waals surface area contributed by atoms with Crippen molar-refractivity contribution >= 4 is 13.1 Å². The number of fused-ring (bicyclic) bond motifs is 3. The number of hydrogen-bond donors (Lipinski definition) is 2. The highest BCUT2D eigenvalue weighted by molar-refractivity contribution is 6.48. The van der Waals surface area contributed by atoms with E-state index in [1.807, 2.05) is 6.07 Å². The molecule has 0 spiro atoms. The number of rotatable bonds is 1. The van der Waals surface area contributed by atoms with Gasteiger partial charge in [0.15, 0.2) is 0 Å². The highest BCUT2D eigenvalue weighted by atomic mass is 16.5. The van der Waals surface area contributed by atoms with Gasteiger partial charge in [0.1, 0.15) is 11.3 Å². The first-order chi connectivity index (χ1) is 7.59. The van der Waals surface area contributed by atoms with Crippen molar-refractivity contribution in [2.75, 3.05) is 0 Å². The van der Waals surface area contributed by atoms with Crippen molar-refractivity contribution in [3.8, 4) is 5.75 Å². The fourth-order valence-electron chi connectivity index (χ4n) is 2.48. The third-order valence-electron chi connectivity index (χ3n) is 3.45. The lowest BCUT2D eigenvalue weighted by molar-refractivity contribution is 0.0693. The Bertz CT molecular complexity index is 485. The van der Waals surface area contributed by atoms with Crippen LogP contribution in [0.2, 0.25) is 5.82 Å². The monoisotopic (exact) mass is 218 g/mol. The Labute approximate surface area is 93.0 Å². The van der Waals surface area contributed by atoms with Crippen molar-refractivity contribution in [1.29, 1.82) is 0 Å². The summed E-state index contributed by atoms with van der Waals surface area (Å²) in [6.45, 7) is 1.73. The Hall–Kier alpha value is -1.49. The van der Waals surface area contributed by atoms with Crippen LogP contribution < -0.4 is 4.65 Å². The first-order valence-corrected chi connectivity index (χ1v) is 5.31. The van der Waals surface area contributed by atoms with Crippen LogP contribution in [0.25, 0.3) is 0 Å². The maximum absolute atomic E-state index is 11.2. The van der Waals surface area contributed by atoms with Gasteiger partial charge in [-0.1, -0.05) is 12.1 Å². The molecule has 5 heteroatoms. The molecule has 1 aromatic carbocycles. The van der Waals surface area contributed by atoms with E-state index in [0.29, 0.717) is 11.3 Å². The first-order valence-electron chi connectivity index (χ1n) is 5.31. The highest BCUT2D eigenvalue weighted by Crippen LogP contribution is 2.60. The van der Waals surface area contributed by atoms with Crippen molar-refractivity contribution < 1.29 is 19.6 Å². The summed E-state index contributed by atoms with van der Waals surface area (Å²) in [6, 6.07) is 3.71. The molecule has 2 N–H and O–H groups in total. The lowest BCUT2D eigenvalue weighted by Crippen LogP contribution is -2.27. The number of benzene rings is 1. The molecule has 1 aliphatic heterocycles. The van der Waals surface area contributed by atoms with Gasteiger partial charge in [0, 0.05) is 5.82 Å². The fourth-order valence-corrected chi connectivity index (χ4v) is 2.48. The molecule has 0 radical (unpaired) electrons. The normalized spacial score (nSPS) is 25.5. The van der Waals surface area contributed by atoms with Gasteiger partial charge in [-0.3, -0.25) is 0 Å². The Balaban J connectivity index is 2.19. The second kappa shape index (κ2) is 3.01. The topological polar surface area (TPSA) is 66.8 Å². The molecule has 1 aliphatic carbocycles. The third kappa shape index (κ3) is 1.18. The molecule has 2 aliphatic rings. The minimum Gasteiger partial charge on any atom is -0.535 e. The summed E-state index contributed by atoms with van der Waals surface area (Å²) in [7, 11) is -0.850. The van der Waals surface area contributed by atoms with Gasteiger partial charge in [-0.2, -0.15) is 0 Å². The average Bonchev–Trinajstić information content (AvgIpc) is 2.96. The van der Waals surface area contributed by atoms with E-state index in [4.69, 9.17) is 9.76 Å². The van der Waals surface area contributed by atoms with E-state index in [1.54, 1.807) is 13.0 Å². The van der Waals surface area contributed by atoms with Gasteiger partial charge in [0.05, 0.1) is 0 Å². The van der Waals surface area contributed by atoms with Crippen LogP contribution >= 0.6 is 0 Å². The van der Waals surface area contributed by atoms with Crippen LogP contribution in [-0.4, -0.2) is 23.2 Å². The van der Waals surface area contributed by atoms with Gasteiger partial charge in [0.25, 0.3) is 0 Å². The first kappa shape index (κ1) is 9.72. The molecule has 0 aromatic heterocycles. The smallest absolute Gasteiger partial charge is 0.526 e. The van der Waals surface area contributed by atoms with Crippen molar-refractivity contribution in [1.82, 2.24) is 0 Å². The molecule has 0 bridgehead atoms. The van der Waals surface area contributed by atoms with Crippen molar-refractivity contribution in [2.24, 2.45) is 0 Å². The summed E-state index contributed by atoms with van der Waals surface area (Å²) in [5.74, 6) is -0.214. The van der Waals surface area contributed by atoms with Gasteiger partial charge in [0.2, 0.25) is 0 Å². The number of aryl methyl sites for hydroxylation is 1. The molecule has 0 unspecified atom stereocenters. The van der Waals surface area contributed by atoms with Crippen LogP contribution in [0, 0.1) is 6.92 Å². The molecule has 1 heterocycles. The second-order valence-electron chi connectivity index (χ2n) is 4.50. The van der Waals surface area contributed by atoms with Gasteiger partial charge >= 0.3 is 13.1 Å². The van der Waals surface area contributed by atoms with E-state index in [9.17, 15) is 9.82 Å². The maximum atomic E-state index is 11.2. The predicted octanol–water partition coefficient (Wildman–Crippen LogP) is 1.42. The molecule has 2 atom stereocenters. The van der Waals surface area contributed by atoms with E-state index < -0.39 is 13.1 Å². The number of carboxylic acid groups (broad SMARTS) is 1. The van der Waals surface area contributed by atoms with Crippen LogP contribution in [0.5, 0.6) is 5.75 Å². The van der Waals surface area contributed by atoms with Crippen molar-refractivity contribution in [2.45, 2.75) is 25.1 Å². The van der Waals surface area contributed by atoms with Crippen LogP contribution in [0.3, 0.4) is 0 Å². The quantitative estimate of drug-likeness (QED) is 0.699. The van der Waals surface area contributed by atoms with E-state index in [0.717, 1.165) is 12.0 Å². The average molecular weight is 218 g/mol. The Kier molecular flexibility index (Phi) is 1.83. The summed E-state index contributed by atoms with van der Waals surface area (Å²) < 4.78 is 5.33. The van der Waals surface area contributed by atoms with E-state index in [2.05, 4.69) is 0 Å². The standard InChI is InChI=1S/C11H11BO4/c1-5-2-3-6-7-4-8(7)12(15)16-10(6)9(5)11(13)14/h2-3,7-8,15H,4H2,1H3,(H,13,14)/t7-,8-/m0/s1. The molecular formula is C11H11BO4. The maximum Gasteiger partial charge on any atom is 0.526 e. The van der Waals surface area contributed by atoms with Crippen molar-refractivity contribution in [3.63, 3.8) is 0 Å². The molecular weight excluding hydrogens is 207 g/mol. The Morgan fingerprint density at radius 3 is 3.00 bits per heavy atom. The van der Waals surface area contributed by atoms with Gasteiger partial charge in [-0.15, -0.1) is 0 Å². The molecule has 1 saturated carbocycles. The van der Waals surface area contributed by atoms with Crippen LogP contribution in [0.1, 0.15) is 33.8 Å². The van der Waals surface area contributed by atoms with E-state index in [-0.39, 0.29) is 17.3 Å². The summed E-state index contributed by atoms with van der Waals surface area (Å²) >= 11 is 0. The van der Waals surface area contributed by atoms with Crippen LogP contribution in [-0.2, 0) is 0 Å². The van der Waals surface area contributed by atoms with Gasteiger partial charge in [-0.25, -0.2) is 4.79 Å². The number of carboxylic acids is 1. The van der Waals surface area contributed by atoms with E-state index >= 15 is 0 Å². The van der Waals surface area contributed by atoms with E-state index in [1.165, 1.54) is 0 Å². The highest BCUT2D eigenvalue weighted by Gasteiger charge is 2.54. The second-order valence-corrected chi connectivity index (χ2v) is 4.50. The lowest BCUT2D eigenvalue weighted by atomic mass is 9.77. The summed E-state index contributed by atoms with van der Waals surface area (Å²) in [5, 5.41) is 18.8. The summed E-state index contributed by atoms with van der Waals surface area (Å²) in [6.07, 6.45) is 0.885. The number of carbonyl (C=O) groups is 1. The predicted molar refractivity (Wildman–Crippen MR) is 57.8 cm³/mol. The van der Waals surface area contributed by atoms with Gasteiger partial charge < -0.3 is 14.8 Å². The molecule has 1 fully saturated rings. The SMILES string of the molecule is Cc1ccc2c(c1C(=O)O)OB(O)[C@H]1C[C@@H]21. The fraction of sp³-hybridized carbons (Fsp3) is 0.364. The minimum atomic E-state index is -0.999. The number of aromatic carboxylic acids is 1. The molecule has 3 rings (SSSR count). The zero-order valence-corrected chi connectivity index (χ0v) is 8.80. The third-order valence-corrected chi connectivity index (χ3v) is 3.45. The Morgan fingerprint density at radius 2 is 2.31 bits per heavy atom. The number of hydrogen-bond acceptors (Lipinski definition) is 3. The molecule has 0 amide bonds. The molecule has 4 nitrogen and oxygen atoms in total. The van der Waals surface area contributed by atoms with Gasteiger partial charge in [-0.05, 0) is 30.4 Å². The molecule has 16 heavy (non-hydrogen) atoms. The van der Waals surface area contributed by atoms with Crippen LogP contribution in [0.4, 0.5) is 0 Å². The Morgan fingerprint density at radius 1 is 1.56 bits per heavy atom. The summed E-state index contributed by atoms with van der Waals surface area (Å²) in [4.78, 5) is 11.2. The minimum absolute atomic E-state index is 0.150. The zero-order chi connectivity index (χ0) is 11.4. The molecule has 82 valence electrons. The van der Waals surface area contributed by atoms with Crippen LogP contribution in [0.15, 0.2) is 12.1 Å². The zero-order valence-electron chi connectivity index (χ0n) is 8.80. The largest absolute Gasteiger partial charge is 0.535 e. The van der Waals surface area contributed by atoms with Crippen molar-refractivity contribution in [3.05, 3.63) is 28.8 Å².